The Kier molecular flexibility index (Phi) is 4.76. The van der Waals surface area contributed by atoms with Gasteiger partial charge in [0, 0.05) is 6.54 Å². The normalized spacial score (nSPS) is 27.5. The summed E-state index contributed by atoms with van der Waals surface area (Å²) in [7, 11) is -3.18. The maximum absolute atomic E-state index is 11.3. The molecule has 5 heteroatoms. The molecule has 0 saturated heterocycles. The topological polar surface area (TPSA) is 66.4 Å². The number of nitrogens with one attached hydrogen (secondary N) is 1. The number of aliphatic hydroxyl groups excluding tert-OH is 1. The van der Waals surface area contributed by atoms with Crippen molar-refractivity contribution in [1.29, 1.82) is 0 Å². The summed E-state index contributed by atoms with van der Waals surface area (Å²) < 4.78 is 25.2. The van der Waals surface area contributed by atoms with Crippen molar-refractivity contribution in [2.45, 2.75) is 31.8 Å². The number of hydrogen-bond acceptors (Lipinski definition) is 3. The molecule has 0 aromatic rings. The molecule has 0 amide bonds. The van der Waals surface area contributed by atoms with Crippen molar-refractivity contribution in [2.75, 3.05) is 12.3 Å². The molecule has 1 aliphatic carbocycles. The van der Waals surface area contributed by atoms with Gasteiger partial charge in [-0.15, -0.1) is 6.58 Å². The SMILES string of the molecule is C=CCS(=O)(=O)NCC1CCC(O)CC1. The molecule has 2 N–H and O–H groups in total. The van der Waals surface area contributed by atoms with Crippen LogP contribution in [0.25, 0.3) is 0 Å². The van der Waals surface area contributed by atoms with Gasteiger partial charge in [-0.1, -0.05) is 6.08 Å². The van der Waals surface area contributed by atoms with Gasteiger partial charge >= 0.3 is 0 Å². The molecule has 0 radical (unpaired) electrons. The lowest BCUT2D eigenvalue weighted by molar-refractivity contribution is 0.110. The van der Waals surface area contributed by atoms with Crippen molar-refractivity contribution in [3.05, 3.63) is 12.7 Å². The van der Waals surface area contributed by atoms with Gasteiger partial charge in [-0.25, -0.2) is 13.1 Å². The van der Waals surface area contributed by atoms with Crippen molar-refractivity contribution >= 4 is 10.0 Å². The summed E-state index contributed by atoms with van der Waals surface area (Å²) in [6.45, 7) is 3.89. The van der Waals surface area contributed by atoms with E-state index in [4.69, 9.17) is 0 Å². The fraction of sp³-hybridized carbons (Fsp3) is 0.800. The van der Waals surface area contributed by atoms with E-state index in [1.165, 1.54) is 6.08 Å². The van der Waals surface area contributed by atoms with E-state index < -0.39 is 10.0 Å². The van der Waals surface area contributed by atoms with Crippen LogP contribution in [0.15, 0.2) is 12.7 Å². The number of sulfonamides is 1. The molecule has 0 aromatic carbocycles. The molecule has 0 unspecified atom stereocenters. The first-order chi connectivity index (χ1) is 7.03. The summed E-state index contributed by atoms with van der Waals surface area (Å²) in [5.41, 5.74) is 0. The maximum Gasteiger partial charge on any atom is 0.215 e. The molecular weight excluding hydrogens is 214 g/mol. The minimum absolute atomic E-state index is 0.0255. The summed E-state index contributed by atoms with van der Waals surface area (Å²) in [5, 5.41) is 9.29. The third-order valence-corrected chi connectivity index (χ3v) is 4.03. The Labute approximate surface area is 91.4 Å². The van der Waals surface area contributed by atoms with E-state index in [0.29, 0.717) is 12.5 Å². The van der Waals surface area contributed by atoms with Gasteiger partial charge < -0.3 is 5.11 Å². The van der Waals surface area contributed by atoms with Gasteiger partial charge in [0.05, 0.1) is 11.9 Å². The van der Waals surface area contributed by atoms with E-state index in [1.54, 1.807) is 0 Å². The highest BCUT2D eigenvalue weighted by Crippen LogP contribution is 2.23. The van der Waals surface area contributed by atoms with E-state index in [2.05, 4.69) is 11.3 Å². The summed E-state index contributed by atoms with van der Waals surface area (Å²) in [6, 6.07) is 0. The zero-order chi connectivity index (χ0) is 11.3. The molecule has 0 atom stereocenters. The molecule has 0 spiro atoms. The molecule has 15 heavy (non-hydrogen) atoms. The van der Waals surface area contributed by atoms with Gasteiger partial charge in [-0.05, 0) is 31.6 Å². The zero-order valence-corrected chi connectivity index (χ0v) is 9.67. The Morgan fingerprint density at radius 3 is 2.47 bits per heavy atom. The molecule has 0 heterocycles. The monoisotopic (exact) mass is 233 g/mol. The van der Waals surface area contributed by atoms with Crippen molar-refractivity contribution < 1.29 is 13.5 Å². The van der Waals surface area contributed by atoms with Crippen LogP contribution in [-0.2, 0) is 10.0 Å². The second kappa shape index (κ2) is 5.63. The van der Waals surface area contributed by atoms with E-state index in [9.17, 15) is 13.5 Å². The molecule has 0 aromatic heterocycles. The van der Waals surface area contributed by atoms with Crippen LogP contribution in [-0.4, -0.2) is 31.9 Å². The molecule has 1 saturated carbocycles. The minimum atomic E-state index is -3.18. The average Bonchev–Trinajstić information content (AvgIpc) is 2.17. The van der Waals surface area contributed by atoms with E-state index >= 15 is 0 Å². The molecule has 1 fully saturated rings. The van der Waals surface area contributed by atoms with Gasteiger partial charge in [-0.2, -0.15) is 0 Å². The van der Waals surface area contributed by atoms with Crippen LogP contribution in [0.2, 0.25) is 0 Å². The van der Waals surface area contributed by atoms with E-state index in [1.807, 2.05) is 0 Å². The lowest BCUT2D eigenvalue weighted by Crippen LogP contribution is -2.33. The van der Waals surface area contributed by atoms with Crippen molar-refractivity contribution in [3.8, 4) is 0 Å². The molecule has 4 nitrogen and oxygen atoms in total. The molecule has 0 aliphatic heterocycles. The molecule has 1 aliphatic rings. The Hall–Kier alpha value is -0.390. The van der Waals surface area contributed by atoms with E-state index in [0.717, 1.165) is 25.7 Å². The molecule has 1 rings (SSSR count). The lowest BCUT2D eigenvalue weighted by atomic mass is 9.88. The fourth-order valence-corrected chi connectivity index (χ4v) is 2.73. The van der Waals surface area contributed by atoms with Gasteiger partial charge in [0.25, 0.3) is 0 Å². The first kappa shape index (κ1) is 12.7. The zero-order valence-electron chi connectivity index (χ0n) is 8.85. The van der Waals surface area contributed by atoms with Gasteiger partial charge in [-0.3, -0.25) is 0 Å². The van der Waals surface area contributed by atoms with Crippen LogP contribution in [0.5, 0.6) is 0 Å². The number of hydrogen-bond donors (Lipinski definition) is 2. The van der Waals surface area contributed by atoms with Gasteiger partial charge in [0.2, 0.25) is 10.0 Å². The average molecular weight is 233 g/mol. The van der Waals surface area contributed by atoms with Gasteiger partial charge in [0.15, 0.2) is 0 Å². The van der Waals surface area contributed by atoms with Crippen molar-refractivity contribution in [1.82, 2.24) is 4.72 Å². The maximum atomic E-state index is 11.3. The summed E-state index contributed by atoms with van der Waals surface area (Å²) in [5.74, 6) is 0.343. The lowest BCUT2D eigenvalue weighted by Gasteiger charge is -2.25. The Morgan fingerprint density at radius 2 is 1.93 bits per heavy atom. The highest BCUT2D eigenvalue weighted by atomic mass is 32.2. The van der Waals surface area contributed by atoms with Crippen LogP contribution < -0.4 is 4.72 Å². The summed E-state index contributed by atoms with van der Waals surface area (Å²) >= 11 is 0. The van der Waals surface area contributed by atoms with Crippen LogP contribution in [0.3, 0.4) is 0 Å². The number of rotatable bonds is 5. The first-order valence-electron chi connectivity index (χ1n) is 5.30. The predicted octanol–water partition coefficient (Wildman–Crippen LogP) is 0.643. The van der Waals surface area contributed by atoms with Crippen LogP contribution in [0, 0.1) is 5.92 Å². The highest BCUT2D eigenvalue weighted by Gasteiger charge is 2.20. The minimum Gasteiger partial charge on any atom is -0.393 e. The standard InChI is InChI=1S/C10H19NO3S/c1-2-7-15(13,14)11-8-9-3-5-10(12)6-4-9/h2,9-12H,1,3-8H2. The van der Waals surface area contributed by atoms with E-state index in [-0.39, 0.29) is 11.9 Å². The van der Waals surface area contributed by atoms with Crippen molar-refractivity contribution in [2.24, 2.45) is 5.92 Å². The Balaban J connectivity index is 2.28. The van der Waals surface area contributed by atoms with Crippen LogP contribution in [0.1, 0.15) is 25.7 Å². The quantitative estimate of drug-likeness (QED) is 0.685. The highest BCUT2D eigenvalue weighted by molar-refractivity contribution is 7.89. The second-order valence-electron chi connectivity index (χ2n) is 4.09. The Bertz CT molecular complexity index is 292. The van der Waals surface area contributed by atoms with Gasteiger partial charge in [0.1, 0.15) is 0 Å². The molecule has 0 bridgehead atoms. The second-order valence-corrected chi connectivity index (χ2v) is 5.94. The summed E-state index contributed by atoms with van der Waals surface area (Å²) in [4.78, 5) is 0. The predicted molar refractivity (Wildman–Crippen MR) is 60.0 cm³/mol. The first-order valence-corrected chi connectivity index (χ1v) is 6.95. The number of aliphatic hydroxyl groups is 1. The Morgan fingerprint density at radius 1 is 1.33 bits per heavy atom. The third-order valence-electron chi connectivity index (χ3n) is 2.75. The largest absolute Gasteiger partial charge is 0.393 e. The molecular formula is C10H19NO3S. The summed E-state index contributed by atoms with van der Waals surface area (Å²) in [6.07, 6.45) is 4.57. The van der Waals surface area contributed by atoms with Crippen LogP contribution >= 0.6 is 0 Å². The van der Waals surface area contributed by atoms with Crippen LogP contribution in [0.4, 0.5) is 0 Å². The van der Waals surface area contributed by atoms with Crippen molar-refractivity contribution in [3.63, 3.8) is 0 Å². The molecule has 88 valence electrons. The smallest absolute Gasteiger partial charge is 0.215 e. The fourth-order valence-electron chi connectivity index (χ4n) is 1.81. The third kappa shape index (κ3) is 4.77.